The molecule has 0 bridgehead atoms. The Bertz CT molecular complexity index is 788. The zero-order valence-electron chi connectivity index (χ0n) is 16.6. The van der Waals surface area contributed by atoms with Gasteiger partial charge in [0.1, 0.15) is 0 Å². The van der Waals surface area contributed by atoms with Crippen LogP contribution in [0.1, 0.15) is 56.1 Å². The van der Waals surface area contributed by atoms with Gasteiger partial charge in [-0.15, -0.1) is 0 Å². The molecule has 3 N–H and O–H groups in total. The first-order chi connectivity index (χ1) is 12.3. The predicted molar refractivity (Wildman–Crippen MR) is 110 cm³/mol. The van der Waals surface area contributed by atoms with E-state index in [0.717, 1.165) is 22.8 Å². The summed E-state index contributed by atoms with van der Waals surface area (Å²) in [6.07, 6.45) is 1.77. The number of hydrogen-bond acceptors (Lipinski definition) is 6. The molecule has 1 saturated heterocycles. The summed E-state index contributed by atoms with van der Waals surface area (Å²) < 4.78 is 12.2. The number of anilines is 1. The number of carbonyl (C=O) groups excluding carboxylic acids is 1. The van der Waals surface area contributed by atoms with Crippen LogP contribution in [0.4, 0.5) is 5.69 Å². The molecule has 0 atom stereocenters. The highest BCUT2D eigenvalue weighted by atomic mass is 32.2. The van der Waals surface area contributed by atoms with E-state index in [-0.39, 0.29) is 16.4 Å². The fraction of sp³-hybridized carbons (Fsp3) is 0.474. The Kier molecular flexibility index (Phi) is 6.14. The van der Waals surface area contributed by atoms with Crippen LogP contribution >= 0.6 is 11.8 Å². The van der Waals surface area contributed by atoms with Crippen LogP contribution in [-0.4, -0.2) is 40.3 Å². The summed E-state index contributed by atoms with van der Waals surface area (Å²) in [6.45, 7) is 11.1. The van der Waals surface area contributed by atoms with E-state index in [9.17, 15) is 14.7 Å². The fourth-order valence-corrected chi connectivity index (χ4v) is 3.27. The van der Waals surface area contributed by atoms with Crippen LogP contribution in [0, 0.1) is 6.92 Å². The van der Waals surface area contributed by atoms with Gasteiger partial charge >= 0.3 is 13.1 Å². The van der Waals surface area contributed by atoms with Gasteiger partial charge in [0.25, 0.3) is 0 Å². The van der Waals surface area contributed by atoms with Crippen LogP contribution in [0.25, 0.3) is 6.08 Å². The molecule has 0 spiro atoms. The summed E-state index contributed by atoms with van der Waals surface area (Å²) in [5.74, 6) is -0.719. The first-order valence-electron chi connectivity index (χ1n) is 8.67. The van der Waals surface area contributed by atoms with E-state index in [1.54, 1.807) is 6.08 Å². The summed E-state index contributed by atoms with van der Waals surface area (Å²) in [5.41, 5.74) is 7.33. The van der Waals surface area contributed by atoms with Crippen molar-refractivity contribution in [2.75, 3.05) is 11.5 Å². The van der Waals surface area contributed by atoms with Crippen molar-refractivity contribution in [2.45, 2.75) is 52.7 Å². The van der Waals surface area contributed by atoms with Gasteiger partial charge in [0, 0.05) is 12.7 Å². The lowest BCUT2D eigenvalue weighted by atomic mass is 9.78. The number of benzene rings is 1. The Morgan fingerprint density at radius 3 is 2.26 bits per heavy atom. The molecular weight excluding hydrogens is 365 g/mol. The molecule has 1 aliphatic heterocycles. The first kappa shape index (κ1) is 21.5. The fourth-order valence-electron chi connectivity index (χ4n) is 2.68. The van der Waals surface area contributed by atoms with E-state index in [2.05, 4.69) is 0 Å². The molecule has 146 valence electrons. The van der Waals surface area contributed by atoms with E-state index in [1.807, 2.05) is 40.7 Å². The summed E-state index contributed by atoms with van der Waals surface area (Å²) >= 11 is 1.14. The van der Waals surface area contributed by atoms with Crippen molar-refractivity contribution >= 4 is 41.7 Å². The normalized spacial score (nSPS) is 18.6. The number of nitrogens with two attached hydrogens (primary N) is 1. The van der Waals surface area contributed by atoms with Crippen molar-refractivity contribution in [1.82, 2.24) is 0 Å². The maximum absolute atomic E-state index is 11.5. The number of carboxylic acid groups (broad SMARTS) is 1. The van der Waals surface area contributed by atoms with Gasteiger partial charge < -0.3 is 20.1 Å². The summed E-state index contributed by atoms with van der Waals surface area (Å²) in [6, 6.07) is 3.35. The second kappa shape index (κ2) is 7.69. The quantitative estimate of drug-likeness (QED) is 0.585. The summed E-state index contributed by atoms with van der Waals surface area (Å²) in [5, 5.41) is 9.35. The van der Waals surface area contributed by atoms with Gasteiger partial charge in [-0.25, -0.2) is 4.79 Å². The maximum Gasteiger partial charge on any atom is 0.491 e. The van der Waals surface area contributed by atoms with Crippen LogP contribution in [-0.2, 0) is 14.1 Å². The number of rotatable bonds is 5. The van der Waals surface area contributed by atoms with Gasteiger partial charge in [-0.2, -0.15) is 0 Å². The molecule has 0 aliphatic carbocycles. The SMILES string of the molecule is CC(=O)SCC(=Cc1cc(C)cc(C(=O)O)c1N)B1OC(C)(C)C(C)(C)O1. The van der Waals surface area contributed by atoms with E-state index in [4.69, 9.17) is 15.0 Å². The highest BCUT2D eigenvalue weighted by molar-refractivity contribution is 8.13. The minimum atomic E-state index is -1.08. The largest absolute Gasteiger partial charge is 0.491 e. The molecule has 0 radical (unpaired) electrons. The Morgan fingerprint density at radius 2 is 1.78 bits per heavy atom. The zero-order chi connectivity index (χ0) is 20.6. The monoisotopic (exact) mass is 391 g/mol. The smallest absolute Gasteiger partial charge is 0.478 e. The van der Waals surface area contributed by atoms with Gasteiger partial charge in [-0.05, 0) is 63.4 Å². The number of carboxylic acids is 1. The third-order valence-corrected chi connectivity index (χ3v) is 5.81. The highest BCUT2D eigenvalue weighted by Gasteiger charge is 2.52. The molecule has 2 rings (SSSR count). The van der Waals surface area contributed by atoms with Gasteiger partial charge in [-0.1, -0.05) is 17.8 Å². The molecule has 1 aliphatic rings. The Morgan fingerprint density at radius 1 is 1.22 bits per heavy atom. The van der Waals surface area contributed by atoms with E-state index < -0.39 is 24.3 Å². The van der Waals surface area contributed by atoms with Crippen molar-refractivity contribution in [3.8, 4) is 0 Å². The molecular formula is C19H26BNO5S. The topological polar surface area (TPSA) is 98.9 Å². The predicted octanol–water partition coefficient (Wildman–Crippen LogP) is 3.57. The molecule has 0 aromatic heterocycles. The zero-order valence-corrected chi connectivity index (χ0v) is 17.4. The lowest BCUT2D eigenvalue weighted by Gasteiger charge is -2.32. The second-order valence-corrected chi connectivity index (χ2v) is 8.86. The van der Waals surface area contributed by atoms with Gasteiger partial charge in [-0.3, -0.25) is 4.79 Å². The highest BCUT2D eigenvalue weighted by Crippen LogP contribution is 2.39. The van der Waals surface area contributed by atoms with Crippen LogP contribution in [0.2, 0.25) is 0 Å². The van der Waals surface area contributed by atoms with Crippen molar-refractivity contribution in [2.24, 2.45) is 0 Å². The molecule has 6 nitrogen and oxygen atoms in total. The van der Waals surface area contributed by atoms with E-state index in [1.165, 1.54) is 13.0 Å². The molecule has 0 unspecified atom stereocenters. The summed E-state index contributed by atoms with van der Waals surface area (Å²) in [7, 11) is -0.643. The molecule has 8 heteroatoms. The maximum atomic E-state index is 11.5. The number of hydrogen-bond donors (Lipinski definition) is 2. The first-order valence-corrected chi connectivity index (χ1v) is 9.65. The van der Waals surface area contributed by atoms with Crippen LogP contribution in [0.3, 0.4) is 0 Å². The van der Waals surface area contributed by atoms with E-state index in [0.29, 0.717) is 11.3 Å². The number of thioether (sulfide) groups is 1. The third-order valence-electron chi connectivity index (χ3n) is 4.93. The van der Waals surface area contributed by atoms with Gasteiger partial charge in [0.2, 0.25) is 0 Å². The molecule has 1 heterocycles. The Balaban J connectivity index is 2.49. The minimum Gasteiger partial charge on any atom is -0.478 e. The Hall–Kier alpha value is -1.77. The lowest BCUT2D eigenvalue weighted by molar-refractivity contribution is -0.109. The standard InChI is InChI=1S/C19H26BNO5S/c1-11-7-13(16(21)15(8-11)17(23)24)9-14(10-27-12(2)22)20-25-18(3,4)19(5,6)26-20/h7-9H,10,21H2,1-6H3,(H,23,24). The van der Waals surface area contributed by atoms with Gasteiger partial charge in [0.05, 0.1) is 22.5 Å². The van der Waals surface area contributed by atoms with Crippen molar-refractivity contribution in [3.05, 3.63) is 34.3 Å². The molecule has 1 fully saturated rings. The minimum absolute atomic E-state index is 0.0270. The lowest BCUT2D eigenvalue weighted by Crippen LogP contribution is -2.41. The van der Waals surface area contributed by atoms with Crippen LogP contribution < -0.4 is 5.73 Å². The van der Waals surface area contributed by atoms with Gasteiger partial charge in [0.15, 0.2) is 5.12 Å². The van der Waals surface area contributed by atoms with Crippen molar-refractivity contribution < 1.29 is 24.0 Å². The average molecular weight is 391 g/mol. The number of carbonyl (C=O) groups is 2. The number of aromatic carboxylic acids is 1. The molecule has 1 aromatic carbocycles. The number of aryl methyl sites for hydroxylation is 1. The molecule has 27 heavy (non-hydrogen) atoms. The Labute approximate surface area is 164 Å². The summed E-state index contributed by atoms with van der Waals surface area (Å²) in [4.78, 5) is 22.9. The van der Waals surface area contributed by atoms with E-state index >= 15 is 0 Å². The average Bonchev–Trinajstić information content (AvgIpc) is 2.74. The number of nitrogen functional groups attached to an aromatic ring is 1. The van der Waals surface area contributed by atoms with Crippen LogP contribution in [0.5, 0.6) is 0 Å². The van der Waals surface area contributed by atoms with Crippen molar-refractivity contribution in [3.63, 3.8) is 0 Å². The second-order valence-electron chi connectivity index (χ2n) is 7.71. The third kappa shape index (κ3) is 4.75. The molecule has 0 amide bonds. The molecule has 0 saturated carbocycles. The molecule has 1 aromatic rings. The van der Waals surface area contributed by atoms with Crippen molar-refractivity contribution in [1.29, 1.82) is 0 Å². The van der Waals surface area contributed by atoms with Crippen LogP contribution in [0.15, 0.2) is 17.6 Å².